The quantitative estimate of drug-likeness (QED) is 0.134. The van der Waals surface area contributed by atoms with Crippen LogP contribution in [0.25, 0.3) is 75.8 Å². The smallest absolute Gasteiger partial charge is 0.423 e. The monoisotopic (exact) mass is 904 g/mol. The average molecular weight is 907 g/mol. The third-order valence-corrected chi connectivity index (χ3v) is 12.4. The third-order valence-electron chi connectivity index (χ3n) is 9.83. The van der Waals surface area contributed by atoms with E-state index in [1.54, 1.807) is 6.07 Å². The van der Waals surface area contributed by atoms with Crippen LogP contribution in [0.5, 0.6) is 0 Å². The lowest BCUT2D eigenvalue weighted by atomic mass is 9.77. The van der Waals surface area contributed by atoms with Crippen LogP contribution in [0, 0.1) is 0 Å². The zero-order valence-corrected chi connectivity index (χ0v) is 33.7. The molecule has 0 amide bonds. The summed E-state index contributed by atoms with van der Waals surface area (Å²) >= 11 is 11.2. The van der Waals surface area contributed by atoms with Crippen molar-refractivity contribution in [3.05, 3.63) is 195 Å². The highest BCUT2D eigenvalue weighted by molar-refractivity contribution is 9.11. The van der Waals surface area contributed by atoms with E-state index in [1.807, 2.05) is 36.4 Å². The molecule has 2 N–H and O–H groups in total. The van der Waals surface area contributed by atoms with Crippen molar-refractivity contribution in [2.75, 3.05) is 0 Å². The molecule has 0 aromatic heterocycles. The summed E-state index contributed by atoms with van der Waals surface area (Å²) in [5.74, 6) is 0. The minimum atomic E-state index is -1.40. The second kappa shape index (κ2) is 16.9. The Hall–Kier alpha value is -4.82. The highest BCUT2D eigenvalue weighted by Gasteiger charge is 2.16. The Morgan fingerprint density at radius 1 is 0.309 bits per heavy atom. The van der Waals surface area contributed by atoms with Crippen LogP contribution in [0.3, 0.4) is 0 Å². The van der Waals surface area contributed by atoms with Crippen LogP contribution in [0.4, 0.5) is 0 Å². The van der Waals surface area contributed by atoms with Gasteiger partial charge in [0.15, 0.2) is 0 Å². The summed E-state index contributed by atoms with van der Waals surface area (Å²) in [4.78, 5) is 0. The summed E-state index contributed by atoms with van der Waals surface area (Å²) in [5.41, 5.74) is 3.15. The van der Waals surface area contributed by atoms with Crippen LogP contribution < -0.4 is 5.46 Å². The molecule has 0 bridgehead atoms. The molecule has 0 saturated carbocycles. The summed E-state index contributed by atoms with van der Waals surface area (Å²) in [5, 5.41) is 32.7. The lowest BCUT2D eigenvalue weighted by molar-refractivity contribution is 0.426. The van der Waals surface area contributed by atoms with Gasteiger partial charge >= 0.3 is 7.12 Å². The zero-order valence-electron chi connectivity index (χ0n) is 28.9. The molecule has 0 saturated heterocycles. The van der Waals surface area contributed by atoms with Crippen molar-refractivity contribution < 1.29 is 10.0 Å². The lowest BCUT2D eigenvalue weighted by Crippen LogP contribution is -2.30. The molecule has 0 fully saturated rings. The van der Waals surface area contributed by atoms with E-state index in [1.165, 1.54) is 78.4 Å². The van der Waals surface area contributed by atoms with Crippen molar-refractivity contribution in [3.63, 3.8) is 0 Å². The van der Waals surface area contributed by atoms with Crippen molar-refractivity contribution in [2.45, 2.75) is 7.43 Å². The molecule has 10 aromatic carbocycles. The van der Waals surface area contributed by atoms with Crippen LogP contribution >= 0.6 is 47.8 Å². The number of halogens is 3. The number of benzene rings is 10. The van der Waals surface area contributed by atoms with Gasteiger partial charge in [-0.05, 0) is 129 Å². The van der Waals surface area contributed by atoms with Gasteiger partial charge in [0.2, 0.25) is 0 Å². The molecule has 268 valence electrons. The molecule has 55 heavy (non-hydrogen) atoms. The Balaban J connectivity index is 0.000000134. The highest BCUT2D eigenvalue weighted by atomic mass is 79.9. The molecule has 6 heteroatoms. The van der Waals surface area contributed by atoms with Crippen molar-refractivity contribution in [3.8, 4) is 11.1 Å². The van der Waals surface area contributed by atoms with Crippen LogP contribution in [-0.4, -0.2) is 17.2 Å². The topological polar surface area (TPSA) is 40.5 Å². The van der Waals surface area contributed by atoms with Crippen LogP contribution in [0.15, 0.2) is 195 Å². The van der Waals surface area contributed by atoms with Crippen molar-refractivity contribution in [1.29, 1.82) is 0 Å². The zero-order chi connectivity index (χ0) is 37.2. The Kier molecular flexibility index (Phi) is 11.8. The Morgan fingerprint density at radius 3 is 1.02 bits per heavy atom. The fourth-order valence-corrected chi connectivity index (χ4v) is 9.38. The van der Waals surface area contributed by atoms with Gasteiger partial charge in [0.25, 0.3) is 0 Å². The molecule has 0 heterocycles. The molecule has 0 spiro atoms. The molecule has 2 nitrogen and oxygen atoms in total. The van der Waals surface area contributed by atoms with Crippen LogP contribution in [0.1, 0.15) is 7.43 Å². The summed E-state index contributed by atoms with van der Waals surface area (Å²) < 4.78 is 3.51. The van der Waals surface area contributed by atoms with E-state index in [-0.39, 0.29) is 7.43 Å². The van der Waals surface area contributed by atoms with E-state index in [2.05, 4.69) is 187 Å². The van der Waals surface area contributed by atoms with Crippen molar-refractivity contribution >= 4 is 125 Å². The normalized spacial score (nSPS) is 10.9. The fourth-order valence-electron chi connectivity index (χ4n) is 7.31. The van der Waals surface area contributed by atoms with E-state index in [4.69, 9.17) is 10.0 Å². The van der Waals surface area contributed by atoms with Gasteiger partial charge in [0, 0.05) is 13.4 Å². The Bertz CT molecular complexity index is 2790. The maximum Gasteiger partial charge on any atom is 0.489 e. The van der Waals surface area contributed by atoms with Gasteiger partial charge in [-0.25, -0.2) is 0 Å². The summed E-state index contributed by atoms with van der Waals surface area (Å²) in [6, 6.07) is 62.4. The number of hydrogen-bond acceptors (Lipinski definition) is 2. The molecule has 0 aliphatic carbocycles. The standard InChI is InChI=1S/C24H15Br.C14H8Br2.C10H9BO2.CH4/c25-24-21-13-5-3-11-19(21)23(20-12-4-6-14-22(20)24)18-15-7-9-16-8-1-2-10-17(16)18;15-13-9-5-1-2-6-10(9)14(16)12-8-4-3-7-11(12)13;12-11(13)10-7-3-5-8-4-1-2-6-9(8)10;/h1-15H;1-8H;1-7,12-13H;1H4. The number of fused-ring (bicyclic) bond motifs is 6. The number of rotatable bonds is 2. The van der Waals surface area contributed by atoms with Gasteiger partial charge in [-0.2, -0.15) is 0 Å². The Labute approximate surface area is 346 Å². The minimum Gasteiger partial charge on any atom is -0.423 e. The summed E-state index contributed by atoms with van der Waals surface area (Å²) in [7, 11) is -1.40. The molecule has 0 atom stereocenters. The minimum absolute atomic E-state index is 0. The SMILES string of the molecule is Brc1c2ccccc2c(-c2cccc3ccccc23)c2ccccc12.Brc1c2ccccc2c(Br)c2ccccc12.C.OB(O)c1cccc2ccccc12. The molecule has 0 unspecified atom stereocenters. The van der Waals surface area contributed by atoms with E-state index < -0.39 is 7.12 Å². The highest BCUT2D eigenvalue weighted by Crippen LogP contribution is 2.43. The predicted molar refractivity (Wildman–Crippen MR) is 249 cm³/mol. The van der Waals surface area contributed by atoms with Gasteiger partial charge in [0.05, 0.1) is 0 Å². The van der Waals surface area contributed by atoms with Crippen LogP contribution in [0.2, 0.25) is 0 Å². The maximum atomic E-state index is 9.08. The first-order chi connectivity index (χ1) is 26.4. The van der Waals surface area contributed by atoms with E-state index >= 15 is 0 Å². The molecule has 10 aromatic rings. The lowest BCUT2D eigenvalue weighted by Gasteiger charge is -2.16. The fraction of sp³-hybridized carbons (Fsp3) is 0.0204. The van der Waals surface area contributed by atoms with Gasteiger partial charge in [-0.15, -0.1) is 0 Å². The maximum absolute atomic E-state index is 9.08. The first-order valence-corrected chi connectivity index (χ1v) is 20.0. The summed E-state index contributed by atoms with van der Waals surface area (Å²) in [6.07, 6.45) is 0. The molecule has 10 rings (SSSR count). The van der Waals surface area contributed by atoms with Gasteiger partial charge in [0.1, 0.15) is 0 Å². The largest absolute Gasteiger partial charge is 0.489 e. The molecule has 0 radical (unpaired) electrons. The first kappa shape index (κ1) is 38.5. The van der Waals surface area contributed by atoms with E-state index in [9.17, 15) is 0 Å². The van der Waals surface area contributed by atoms with Gasteiger partial charge in [-0.3, -0.25) is 0 Å². The van der Waals surface area contributed by atoms with Crippen LogP contribution in [-0.2, 0) is 0 Å². The molecular formula is C49H36BBr3O2. The van der Waals surface area contributed by atoms with Crippen molar-refractivity contribution in [1.82, 2.24) is 0 Å². The second-order valence-corrected chi connectivity index (χ2v) is 15.3. The van der Waals surface area contributed by atoms with E-state index in [0.29, 0.717) is 5.46 Å². The van der Waals surface area contributed by atoms with Gasteiger partial charge < -0.3 is 10.0 Å². The average Bonchev–Trinajstić information content (AvgIpc) is 3.23. The molecule has 0 aliphatic heterocycles. The Morgan fingerprint density at radius 2 is 0.600 bits per heavy atom. The summed E-state index contributed by atoms with van der Waals surface area (Å²) in [6.45, 7) is 0. The molecular weight excluding hydrogens is 871 g/mol. The first-order valence-electron chi connectivity index (χ1n) is 17.6. The van der Waals surface area contributed by atoms with E-state index in [0.717, 1.165) is 10.8 Å². The number of hydrogen-bond donors (Lipinski definition) is 2. The van der Waals surface area contributed by atoms with Crippen molar-refractivity contribution in [2.24, 2.45) is 0 Å². The second-order valence-electron chi connectivity index (χ2n) is 13.0. The molecule has 0 aliphatic rings. The predicted octanol–water partition coefficient (Wildman–Crippen LogP) is 14.2. The van der Waals surface area contributed by atoms with Gasteiger partial charge in [-0.1, -0.05) is 189 Å². The third kappa shape index (κ3) is 7.46.